The number of likely N-dealkylation sites (tertiary alicyclic amines) is 1. The largest absolute Gasteiger partial charge is 0.326 e. The van der Waals surface area contributed by atoms with Gasteiger partial charge >= 0.3 is 0 Å². The van der Waals surface area contributed by atoms with Crippen molar-refractivity contribution in [1.82, 2.24) is 24.5 Å². The number of rotatable bonds is 7. The highest BCUT2D eigenvalue weighted by Crippen LogP contribution is 2.18. The summed E-state index contributed by atoms with van der Waals surface area (Å²) in [5.74, 6) is 1.10. The van der Waals surface area contributed by atoms with E-state index < -0.39 is 0 Å². The molecule has 1 amide bonds. The van der Waals surface area contributed by atoms with Gasteiger partial charge in [-0.15, -0.1) is 29.9 Å². The maximum absolute atomic E-state index is 12.5. The Morgan fingerprint density at radius 2 is 1.76 bits per heavy atom. The van der Waals surface area contributed by atoms with Gasteiger partial charge in [0, 0.05) is 30.0 Å². The van der Waals surface area contributed by atoms with Gasteiger partial charge in [0.1, 0.15) is 0 Å². The lowest BCUT2D eigenvalue weighted by Crippen LogP contribution is -2.29. The van der Waals surface area contributed by atoms with Crippen molar-refractivity contribution in [3.8, 4) is 0 Å². The molecule has 1 fully saturated rings. The normalized spacial score (nSPS) is 13.9. The van der Waals surface area contributed by atoms with Gasteiger partial charge in [0.25, 0.3) is 5.78 Å². The average molecular weight is 494 g/mol. The van der Waals surface area contributed by atoms with Gasteiger partial charge in [-0.3, -0.25) is 9.69 Å². The van der Waals surface area contributed by atoms with Crippen molar-refractivity contribution in [2.24, 2.45) is 5.73 Å². The summed E-state index contributed by atoms with van der Waals surface area (Å²) < 4.78 is 1.71. The second kappa shape index (κ2) is 12.3. The van der Waals surface area contributed by atoms with E-state index in [0.29, 0.717) is 24.4 Å². The number of benzene rings is 1. The summed E-state index contributed by atoms with van der Waals surface area (Å²) in [6, 6.07) is 8.20. The number of carbonyl (C=O) groups excluding carboxylic acids is 1. The number of amides is 1. The summed E-state index contributed by atoms with van der Waals surface area (Å²) >= 11 is 0. The third-order valence-corrected chi connectivity index (χ3v) is 5.97. The third kappa shape index (κ3) is 6.63. The zero-order valence-electron chi connectivity index (χ0n) is 19.2. The lowest BCUT2D eigenvalue weighted by atomic mass is 10.1. The Balaban J connectivity index is 0.00000193. The van der Waals surface area contributed by atoms with E-state index in [9.17, 15) is 4.79 Å². The number of nitrogens with one attached hydrogen (secondary N) is 1. The molecule has 8 nitrogen and oxygen atoms in total. The molecule has 33 heavy (non-hydrogen) atoms. The molecule has 4 rings (SSSR count). The van der Waals surface area contributed by atoms with E-state index in [2.05, 4.69) is 37.4 Å². The van der Waals surface area contributed by atoms with Crippen LogP contribution in [0.25, 0.3) is 5.78 Å². The second-order valence-electron chi connectivity index (χ2n) is 8.29. The van der Waals surface area contributed by atoms with E-state index in [4.69, 9.17) is 5.73 Å². The smallest absolute Gasteiger partial charge is 0.252 e. The van der Waals surface area contributed by atoms with Crippen LogP contribution in [0.3, 0.4) is 0 Å². The molecule has 0 atom stereocenters. The zero-order chi connectivity index (χ0) is 21.8. The number of hydrogen-bond acceptors (Lipinski definition) is 6. The van der Waals surface area contributed by atoms with Gasteiger partial charge in [0.15, 0.2) is 5.82 Å². The fourth-order valence-electron chi connectivity index (χ4n) is 4.23. The van der Waals surface area contributed by atoms with Crippen molar-refractivity contribution in [3.05, 3.63) is 52.6 Å². The van der Waals surface area contributed by atoms with Crippen LogP contribution in [0.2, 0.25) is 0 Å². The van der Waals surface area contributed by atoms with Crippen LogP contribution >= 0.6 is 24.8 Å². The lowest BCUT2D eigenvalue weighted by molar-refractivity contribution is -0.116. The van der Waals surface area contributed by atoms with E-state index in [1.165, 1.54) is 37.9 Å². The topological polar surface area (TPSA) is 101 Å². The Morgan fingerprint density at radius 1 is 1.06 bits per heavy atom. The number of piperidine rings is 1. The molecule has 0 aliphatic carbocycles. The standard InChI is InChI=1S/C23H31N7O.2ClH/c1-16-20(17(2)30-23(25-16)27-21(14-24)28-30)10-11-22(31)26-19-8-6-18(7-9-19)15-29-12-4-3-5-13-29;;/h6-9H,3-5,10-15,24H2,1-2H3,(H,26,31);2*1H. The number of fused-ring (bicyclic) bond motifs is 1. The van der Waals surface area contributed by atoms with Gasteiger partial charge in [-0.05, 0) is 69.5 Å². The summed E-state index contributed by atoms with van der Waals surface area (Å²) in [4.78, 5) is 23.9. The summed E-state index contributed by atoms with van der Waals surface area (Å²) in [7, 11) is 0. The van der Waals surface area contributed by atoms with E-state index in [1.54, 1.807) is 4.52 Å². The van der Waals surface area contributed by atoms with Crippen molar-refractivity contribution in [2.45, 2.75) is 59.0 Å². The molecule has 1 saturated heterocycles. The molecule has 2 aromatic heterocycles. The molecule has 1 aliphatic heterocycles. The summed E-state index contributed by atoms with van der Waals surface area (Å²) in [5, 5.41) is 7.40. The molecule has 1 aliphatic rings. The molecule has 1 aromatic carbocycles. The number of anilines is 1. The SMILES string of the molecule is Cc1nc2nc(CN)nn2c(C)c1CCC(=O)Nc1ccc(CN2CCCCC2)cc1.Cl.Cl. The quantitative estimate of drug-likeness (QED) is 0.521. The van der Waals surface area contributed by atoms with Crippen molar-refractivity contribution in [2.75, 3.05) is 18.4 Å². The van der Waals surface area contributed by atoms with Crippen molar-refractivity contribution in [3.63, 3.8) is 0 Å². The molecule has 0 spiro atoms. The van der Waals surface area contributed by atoms with Gasteiger partial charge in [-0.1, -0.05) is 18.6 Å². The minimum absolute atomic E-state index is 0. The minimum Gasteiger partial charge on any atom is -0.326 e. The Kier molecular flexibility index (Phi) is 10.0. The monoisotopic (exact) mass is 493 g/mol. The first-order valence-corrected chi connectivity index (χ1v) is 11.1. The molecule has 0 saturated carbocycles. The number of carbonyl (C=O) groups is 1. The Hall–Kier alpha value is -2.26. The van der Waals surface area contributed by atoms with Crippen LogP contribution in [-0.4, -0.2) is 43.5 Å². The average Bonchev–Trinajstić information content (AvgIpc) is 3.19. The van der Waals surface area contributed by atoms with Gasteiger partial charge in [-0.25, -0.2) is 9.50 Å². The van der Waals surface area contributed by atoms with Crippen LogP contribution < -0.4 is 11.1 Å². The van der Waals surface area contributed by atoms with Crippen LogP contribution in [0.5, 0.6) is 0 Å². The van der Waals surface area contributed by atoms with E-state index >= 15 is 0 Å². The van der Waals surface area contributed by atoms with Crippen LogP contribution in [0, 0.1) is 13.8 Å². The summed E-state index contributed by atoms with van der Waals surface area (Å²) in [6.45, 7) is 7.54. The molecule has 10 heteroatoms. The Bertz CT molecular complexity index is 1060. The van der Waals surface area contributed by atoms with Gasteiger partial charge in [0.2, 0.25) is 5.91 Å². The molecular weight excluding hydrogens is 461 g/mol. The first kappa shape index (κ1) is 27.0. The predicted molar refractivity (Wildman–Crippen MR) is 135 cm³/mol. The van der Waals surface area contributed by atoms with E-state index in [0.717, 1.165) is 29.2 Å². The van der Waals surface area contributed by atoms with Crippen LogP contribution in [0.15, 0.2) is 24.3 Å². The molecule has 180 valence electrons. The Labute approximate surface area is 207 Å². The maximum Gasteiger partial charge on any atom is 0.252 e. The van der Waals surface area contributed by atoms with Crippen molar-refractivity contribution >= 4 is 42.2 Å². The lowest BCUT2D eigenvalue weighted by Gasteiger charge is -2.26. The second-order valence-corrected chi connectivity index (χ2v) is 8.29. The molecule has 3 heterocycles. The third-order valence-electron chi connectivity index (χ3n) is 5.97. The van der Waals surface area contributed by atoms with E-state index in [-0.39, 0.29) is 37.3 Å². The molecular formula is C23H33Cl2N7O. The first-order valence-electron chi connectivity index (χ1n) is 11.1. The Morgan fingerprint density at radius 3 is 2.42 bits per heavy atom. The number of aryl methyl sites for hydroxylation is 2. The fourth-order valence-corrected chi connectivity index (χ4v) is 4.23. The summed E-state index contributed by atoms with van der Waals surface area (Å²) in [6.07, 6.45) is 4.90. The van der Waals surface area contributed by atoms with Crippen LogP contribution in [0.1, 0.15) is 54.0 Å². The molecule has 0 radical (unpaired) electrons. The molecule has 0 unspecified atom stereocenters. The highest BCUT2D eigenvalue weighted by Gasteiger charge is 2.15. The molecule has 3 aromatic rings. The number of halogens is 2. The van der Waals surface area contributed by atoms with E-state index in [1.807, 2.05) is 26.0 Å². The highest BCUT2D eigenvalue weighted by molar-refractivity contribution is 5.90. The zero-order valence-corrected chi connectivity index (χ0v) is 20.8. The highest BCUT2D eigenvalue weighted by atomic mass is 35.5. The molecule has 0 bridgehead atoms. The maximum atomic E-state index is 12.5. The minimum atomic E-state index is -0.0103. The number of nitrogens with two attached hydrogens (primary N) is 1. The predicted octanol–water partition coefficient (Wildman–Crippen LogP) is 3.60. The number of hydrogen-bond donors (Lipinski definition) is 2. The van der Waals surface area contributed by atoms with Gasteiger partial charge < -0.3 is 11.1 Å². The van der Waals surface area contributed by atoms with Crippen molar-refractivity contribution < 1.29 is 4.79 Å². The summed E-state index contributed by atoms with van der Waals surface area (Å²) in [5.41, 5.74) is 10.6. The number of nitrogens with zero attached hydrogens (tertiary/aromatic N) is 5. The van der Waals surface area contributed by atoms with Crippen LogP contribution in [0.4, 0.5) is 5.69 Å². The van der Waals surface area contributed by atoms with Gasteiger partial charge in [-0.2, -0.15) is 4.98 Å². The first-order chi connectivity index (χ1) is 15.0. The fraction of sp³-hybridized carbons (Fsp3) is 0.478. The number of aromatic nitrogens is 4. The van der Waals surface area contributed by atoms with Crippen LogP contribution in [-0.2, 0) is 24.3 Å². The van der Waals surface area contributed by atoms with Crippen molar-refractivity contribution in [1.29, 1.82) is 0 Å². The van der Waals surface area contributed by atoms with Gasteiger partial charge in [0.05, 0.1) is 6.54 Å². The molecule has 3 N–H and O–H groups in total.